The largest absolute Gasteiger partial charge is 0.299 e. The average Bonchev–Trinajstić information content (AvgIpc) is 2.91. The Labute approximate surface area is 145 Å². The molecule has 1 unspecified atom stereocenters. The number of hydrogen-bond acceptors (Lipinski definition) is 4. The highest BCUT2D eigenvalue weighted by atomic mass is 32.2. The molecule has 2 fully saturated rings. The zero-order chi connectivity index (χ0) is 17.0. The smallest absolute Gasteiger partial charge is 0.243 e. The quantitative estimate of drug-likeness (QED) is 0.825. The molecule has 1 aromatic heterocycles. The number of nitrogens with one attached hydrogen (secondary N) is 1. The van der Waals surface area contributed by atoms with Crippen molar-refractivity contribution in [1.82, 2.24) is 19.4 Å². The van der Waals surface area contributed by atoms with Crippen LogP contribution in [0.5, 0.6) is 0 Å². The van der Waals surface area contributed by atoms with Gasteiger partial charge in [0.1, 0.15) is 4.90 Å². The highest BCUT2D eigenvalue weighted by Gasteiger charge is 2.29. The first-order chi connectivity index (χ1) is 11.6. The molecule has 136 valence electrons. The van der Waals surface area contributed by atoms with E-state index in [0.717, 1.165) is 25.9 Å². The number of likely N-dealkylation sites (tertiary alicyclic amines) is 1. The van der Waals surface area contributed by atoms with Crippen molar-refractivity contribution in [3.05, 3.63) is 12.4 Å². The Morgan fingerprint density at radius 1 is 1.17 bits per heavy atom. The highest BCUT2D eigenvalue weighted by molar-refractivity contribution is 7.89. The van der Waals surface area contributed by atoms with Gasteiger partial charge < -0.3 is 0 Å². The Hall–Kier alpha value is -0.920. The van der Waals surface area contributed by atoms with E-state index in [1.807, 2.05) is 6.92 Å². The molecule has 0 aromatic carbocycles. The SMILES string of the molecule is CCn1cc(S(=O)(=O)NC2CCCN(C3CCCCCC3)C2)cn1. The monoisotopic (exact) mass is 354 g/mol. The maximum atomic E-state index is 12.6. The molecule has 6 nitrogen and oxygen atoms in total. The van der Waals surface area contributed by atoms with Crippen LogP contribution >= 0.6 is 0 Å². The van der Waals surface area contributed by atoms with Crippen LogP contribution in [0.3, 0.4) is 0 Å². The first-order valence-electron chi connectivity index (χ1n) is 9.37. The van der Waals surface area contributed by atoms with Crippen LogP contribution in [0.25, 0.3) is 0 Å². The summed E-state index contributed by atoms with van der Waals surface area (Å²) in [6.07, 6.45) is 12.9. The molecule has 1 N–H and O–H groups in total. The molecule has 2 heterocycles. The van der Waals surface area contributed by atoms with Gasteiger partial charge in [0, 0.05) is 31.4 Å². The standard InChI is InChI=1S/C17H30N4O2S/c1-2-21-14-17(12-18-21)24(22,23)19-15-8-7-11-20(13-15)16-9-5-3-4-6-10-16/h12,14-16,19H,2-11,13H2,1H3. The molecule has 1 aromatic rings. The first kappa shape index (κ1) is 17.9. The van der Waals surface area contributed by atoms with Crippen molar-refractivity contribution < 1.29 is 8.42 Å². The molecule has 1 atom stereocenters. The molecule has 1 saturated carbocycles. The van der Waals surface area contributed by atoms with Gasteiger partial charge in [-0.2, -0.15) is 5.10 Å². The summed E-state index contributed by atoms with van der Waals surface area (Å²) in [6, 6.07) is 0.652. The third kappa shape index (κ3) is 4.37. The molecule has 0 radical (unpaired) electrons. The Morgan fingerprint density at radius 2 is 1.92 bits per heavy atom. The van der Waals surface area contributed by atoms with Crippen LogP contribution in [0.2, 0.25) is 0 Å². The highest BCUT2D eigenvalue weighted by Crippen LogP contribution is 2.25. The predicted molar refractivity (Wildman–Crippen MR) is 94.3 cm³/mol. The van der Waals surface area contributed by atoms with Gasteiger partial charge >= 0.3 is 0 Å². The zero-order valence-corrected chi connectivity index (χ0v) is 15.5. The fourth-order valence-corrected chi connectivity index (χ4v) is 5.21. The number of aromatic nitrogens is 2. The molecule has 2 aliphatic rings. The van der Waals surface area contributed by atoms with Crippen LogP contribution in [-0.2, 0) is 16.6 Å². The lowest BCUT2D eigenvalue weighted by Crippen LogP contribution is -2.50. The molecular weight excluding hydrogens is 324 g/mol. The average molecular weight is 355 g/mol. The number of aryl methyl sites for hydroxylation is 1. The Bertz CT molecular complexity index is 620. The first-order valence-corrected chi connectivity index (χ1v) is 10.9. The van der Waals surface area contributed by atoms with Crippen LogP contribution in [-0.4, -0.2) is 48.3 Å². The van der Waals surface area contributed by atoms with Crippen LogP contribution in [0.4, 0.5) is 0 Å². The summed E-state index contributed by atoms with van der Waals surface area (Å²) in [6.45, 7) is 4.57. The van der Waals surface area contributed by atoms with Crippen LogP contribution < -0.4 is 4.72 Å². The fourth-order valence-electron chi connectivity index (χ4n) is 4.00. The summed E-state index contributed by atoms with van der Waals surface area (Å²) in [4.78, 5) is 2.80. The van der Waals surface area contributed by atoms with Crippen molar-refractivity contribution in [2.45, 2.75) is 81.8 Å². The summed E-state index contributed by atoms with van der Waals surface area (Å²) in [5, 5.41) is 4.08. The third-order valence-electron chi connectivity index (χ3n) is 5.36. The van der Waals surface area contributed by atoms with Crippen molar-refractivity contribution >= 4 is 10.0 Å². The molecule has 0 spiro atoms. The molecule has 0 bridgehead atoms. The van der Waals surface area contributed by atoms with Gasteiger partial charge in [0.05, 0.1) is 6.20 Å². The van der Waals surface area contributed by atoms with Gasteiger partial charge in [-0.05, 0) is 39.2 Å². The zero-order valence-electron chi connectivity index (χ0n) is 14.7. The predicted octanol–water partition coefficient (Wildman–Crippen LogP) is 2.37. The Balaban J connectivity index is 1.62. The van der Waals surface area contributed by atoms with Gasteiger partial charge in [0.2, 0.25) is 10.0 Å². The Morgan fingerprint density at radius 3 is 2.58 bits per heavy atom. The van der Waals surface area contributed by atoms with Gasteiger partial charge in [-0.15, -0.1) is 0 Å². The normalized spacial score (nSPS) is 24.8. The van der Waals surface area contributed by atoms with E-state index in [1.54, 1.807) is 10.9 Å². The van der Waals surface area contributed by atoms with Crippen LogP contribution in [0.1, 0.15) is 58.3 Å². The molecule has 1 saturated heterocycles. The van der Waals surface area contributed by atoms with E-state index in [0.29, 0.717) is 12.6 Å². The van der Waals surface area contributed by atoms with Crippen molar-refractivity contribution in [1.29, 1.82) is 0 Å². The van der Waals surface area contributed by atoms with Gasteiger partial charge in [-0.3, -0.25) is 9.58 Å². The molecule has 3 rings (SSSR count). The third-order valence-corrected chi connectivity index (χ3v) is 6.83. The van der Waals surface area contributed by atoms with Crippen molar-refractivity contribution in [3.63, 3.8) is 0 Å². The second-order valence-corrected chi connectivity index (χ2v) is 8.85. The van der Waals surface area contributed by atoms with Crippen molar-refractivity contribution in [3.8, 4) is 0 Å². The lowest BCUT2D eigenvalue weighted by Gasteiger charge is -2.38. The lowest BCUT2D eigenvalue weighted by molar-refractivity contribution is 0.132. The number of hydrogen-bond donors (Lipinski definition) is 1. The molecule has 7 heteroatoms. The number of rotatable bonds is 5. The molecule has 24 heavy (non-hydrogen) atoms. The van der Waals surface area contributed by atoms with E-state index >= 15 is 0 Å². The second kappa shape index (κ2) is 7.97. The van der Waals surface area contributed by atoms with Crippen LogP contribution in [0.15, 0.2) is 17.3 Å². The van der Waals surface area contributed by atoms with Gasteiger partial charge in [-0.1, -0.05) is 25.7 Å². The van der Waals surface area contributed by atoms with E-state index in [4.69, 9.17) is 0 Å². The minimum absolute atomic E-state index is 0.0111. The summed E-state index contributed by atoms with van der Waals surface area (Å²) < 4.78 is 29.7. The van der Waals surface area contributed by atoms with E-state index in [2.05, 4.69) is 14.7 Å². The minimum Gasteiger partial charge on any atom is -0.299 e. The summed E-state index contributed by atoms with van der Waals surface area (Å²) >= 11 is 0. The van der Waals surface area contributed by atoms with Crippen LogP contribution in [0, 0.1) is 0 Å². The van der Waals surface area contributed by atoms with Gasteiger partial charge in [0.15, 0.2) is 0 Å². The fraction of sp³-hybridized carbons (Fsp3) is 0.824. The number of piperidine rings is 1. The van der Waals surface area contributed by atoms with E-state index in [9.17, 15) is 8.42 Å². The number of nitrogens with zero attached hydrogens (tertiary/aromatic N) is 3. The maximum absolute atomic E-state index is 12.6. The second-order valence-electron chi connectivity index (χ2n) is 7.13. The lowest BCUT2D eigenvalue weighted by atomic mass is 10.0. The molecular formula is C17H30N4O2S. The van der Waals surface area contributed by atoms with E-state index < -0.39 is 10.0 Å². The molecule has 1 aliphatic heterocycles. The van der Waals surface area contributed by atoms with E-state index in [1.165, 1.54) is 44.7 Å². The summed E-state index contributed by atoms with van der Waals surface area (Å²) in [7, 11) is -3.47. The topological polar surface area (TPSA) is 67.2 Å². The minimum atomic E-state index is -3.47. The van der Waals surface area contributed by atoms with E-state index in [-0.39, 0.29) is 10.9 Å². The maximum Gasteiger partial charge on any atom is 0.243 e. The van der Waals surface area contributed by atoms with Gasteiger partial charge in [0.25, 0.3) is 0 Å². The number of sulfonamides is 1. The van der Waals surface area contributed by atoms with Crippen molar-refractivity contribution in [2.75, 3.05) is 13.1 Å². The molecule has 1 aliphatic carbocycles. The van der Waals surface area contributed by atoms with Crippen molar-refractivity contribution in [2.24, 2.45) is 0 Å². The summed E-state index contributed by atoms with van der Waals surface area (Å²) in [5.74, 6) is 0. The summed E-state index contributed by atoms with van der Waals surface area (Å²) in [5.41, 5.74) is 0. The van der Waals surface area contributed by atoms with Gasteiger partial charge in [-0.25, -0.2) is 13.1 Å². The molecule has 0 amide bonds. The Kier molecular flexibility index (Phi) is 5.94.